The number of carbonyl (C=O) groups is 1. The van der Waals surface area contributed by atoms with Crippen LogP contribution in [0.25, 0.3) is 0 Å². The highest BCUT2D eigenvalue weighted by Gasteiger charge is 2.93. The van der Waals surface area contributed by atoms with Crippen LogP contribution in [0.1, 0.15) is 25.0 Å². The molecule has 0 saturated heterocycles. The van der Waals surface area contributed by atoms with E-state index in [0.717, 1.165) is 31.2 Å². The minimum atomic E-state index is -8.37. The van der Waals surface area contributed by atoms with E-state index >= 15 is 0 Å². The average molecular weight is 562 g/mol. The number of benzene rings is 1. The predicted molar refractivity (Wildman–Crippen MR) is 87.9 cm³/mol. The molecule has 0 amide bonds. The van der Waals surface area contributed by atoms with Crippen LogP contribution in [0, 0.1) is 0 Å². The maximum absolute atomic E-state index is 14.3. The summed E-state index contributed by atoms with van der Waals surface area (Å²) in [7, 11) is 0.494. The molecule has 1 aromatic carbocycles. The summed E-state index contributed by atoms with van der Waals surface area (Å²) in [5.74, 6) is -48.9. The Bertz CT molecular complexity index is 940. The summed E-state index contributed by atoms with van der Waals surface area (Å²) < 4.78 is 209. The fourth-order valence-electron chi connectivity index (χ4n) is 2.67. The molecule has 0 aliphatic rings. The highest BCUT2D eigenvalue weighted by molar-refractivity contribution is 5.69. The SMILES string of the molecule is COC(CC(F)(F)C(F)(F)C(F)(F)C(F)(F)C(F)(F)C(F)(F)C(F)(F)F)c1ccccc1OC(C)=O. The van der Waals surface area contributed by atoms with Crippen molar-refractivity contribution in [2.75, 3.05) is 7.11 Å². The average Bonchev–Trinajstić information content (AvgIpc) is 2.70. The molecule has 0 fully saturated rings. The van der Waals surface area contributed by atoms with Gasteiger partial charge < -0.3 is 9.47 Å². The molecule has 0 bridgehead atoms. The zero-order valence-electron chi connectivity index (χ0n) is 17.5. The van der Waals surface area contributed by atoms with Gasteiger partial charge in [0, 0.05) is 26.0 Å². The van der Waals surface area contributed by atoms with Crippen molar-refractivity contribution in [3.8, 4) is 5.75 Å². The summed E-state index contributed by atoms with van der Waals surface area (Å²) in [5, 5.41) is 0. The van der Waals surface area contributed by atoms with E-state index in [1.807, 2.05) is 0 Å². The van der Waals surface area contributed by atoms with Crippen LogP contribution in [-0.2, 0) is 9.53 Å². The Labute approximate surface area is 191 Å². The van der Waals surface area contributed by atoms with Crippen LogP contribution in [0.5, 0.6) is 5.75 Å². The lowest BCUT2D eigenvalue weighted by Crippen LogP contribution is -2.72. The first kappa shape index (κ1) is 31.6. The van der Waals surface area contributed by atoms with E-state index < -0.39 is 71.5 Å². The second kappa shape index (κ2) is 9.48. The molecule has 1 unspecified atom stereocenters. The lowest BCUT2D eigenvalue weighted by molar-refractivity contribution is -0.453. The van der Waals surface area contributed by atoms with Gasteiger partial charge in [0.15, 0.2) is 0 Å². The molecule has 0 spiro atoms. The van der Waals surface area contributed by atoms with Crippen molar-refractivity contribution in [1.29, 1.82) is 0 Å². The van der Waals surface area contributed by atoms with Gasteiger partial charge in [0.1, 0.15) is 5.75 Å². The third-order valence-corrected chi connectivity index (χ3v) is 4.64. The molecule has 1 atom stereocenters. The fraction of sp³-hybridized carbons (Fsp3) is 0.611. The van der Waals surface area contributed by atoms with Gasteiger partial charge in [-0.05, 0) is 6.07 Å². The number of methoxy groups -OCH3 is 1. The topological polar surface area (TPSA) is 35.5 Å². The quantitative estimate of drug-likeness (QED) is 0.174. The zero-order chi connectivity index (χ0) is 28.8. The smallest absolute Gasteiger partial charge is 0.426 e. The maximum atomic E-state index is 14.3. The molecule has 1 aromatic rings. The molecule has 0 aliphatic heterocycles. The van der Waals surface area contributed by atoms with E-state index in [2.05, 4.69) is 9.47 Å². The number of alkyl halides is 15. The van der Waals surface area contributed by atoms with Gasteiger partial charge in [0.05, 0.1) is 6.10 Å². The molecule has 0 aromatic heterocycles. The van der Waals surface area contributed by atoms with Gasteiger partial charge in [-0.3, -0.25) is 4.79 Å². The van der Waals surface area contributed by atoms with Gasteiger partial charge in [0.2, 0.25) is 0 Å². The van der Waals surface area contributed by atoms with Crippen molar-refractivity contribution >= 4 is 5.97 Å². The summed E-state index contributed by atoms with van der Waals surface area (Å²) in [4.78, 5) is 11.1. The van der Waals surface area contributed by atoms with Crippen molar-refractivity contribution in [3.63, 3.8) is 0 Å². The van der Waals surface area contributed by atoms with Crippen LogP contribution >= 0.6 is 0 Å². The van der Waals surface area contributed by atoms with Gasteiger partial charge in [-0.25, -0.2) is 0 Å². The first-order chi connectivity index (χ1) is 15.8. The molecule has 1 rings (SSSR count). The lowest BCUT2D eigenvalue weighted by Gasteiger charge is -2.42. The van der Waals surface area contributed by atoms with E-state index in [-0.39, 0.29) is 0 Å². The number of rotatable bonds is 10. The molecule has 0 aliphatic carbocycles. The number of halogens is 15. The first-order valence-corrected chi connectivity index (χ1v) is 8.97. The fourth-order valence-corrected chi connectivity index (χ4v) is 2.67. The van der Waals surface area contributed by atoms with Gasteiger partial charge in [-0.1, -0.05) is 18.2 Å². The van der Waals surface area contributed by atoms with Crippen LogP contribution < -0.4 is 4.74 Å². The lowest BCUT2D eigenvalue weighted by atomic mass is 9.88. The molecular formula is C18H13F15O3. The highest BCUT2D eigenvalue weighted by atomic mass is 19.4. The molecule has 0 N–H and O–H groups in total. The Morgan fingerprint density at radius 2 is 1.14 bits per heavy atom. The number of carbonyl (C=O) groups excluding carboxylic acids is 1. The number of para-hydroxylation sites is 1. The van der Waals surface area contributed by atoms with Gasteiger partial charge >= 0.3 is 47.7 Å². The Morgan fingerprint density at radius 1 is 0.722 bits per heavy atom. The van der Waals surface area contributed by atoms with E-state index in [0.29, 0.717) is 7.11 Å². The van der Waals surface area contributed by atoms with Gasteiger partial charge in [-0.2, -0.15) is 65.9 Å². The van der Waals surface area contributed by atoms with Crippen molar-refractivity contribution < 1.29 is 80.1 Å². The minimum absolute atomic E-state index is 0.494. The normalized spacial score (nSPS) is 15.6. The molecule has 3 nitrogen and oxygen atoms in total. The number of ether oxygens (including phenoxy) is 2. The van der Waals surface area contributed by atoms with E-state index in [9.17, 15) is 70.7 Å². The third kappa shape index (κ3) is 4.91. The Balaban J connectivity index is 3.55. The minimum Gasteiger partial charge on any atom is -0.426 e. The number of hydrogen-bond acceptors (Lipinski definition) is 3. The number of hydrogen-bond donors (Lipinski definition) is 0. The van der Waals surface area contributed by atoms with Crippen LogP contribution in [0.15, 0.2) is 24.3 Å². The molecule has 36 heavy (non-hydrogen) atoms. The standard InChI is InChI=1S/C18H13F15O3/c1-8(34)36-10-6-4-3-5-9(10)11(35-2)7-12(19,20)13(21,22)14(23,24)15(25,26)16(27,28)17(29,30)18(31,32)33/h3-6,11H,7H2,1-2H3. The van der Waals surface area contributed by atoms with Crippen LogP contribution in [0.4, 0.5) is 65.9 Å². The predicted octanol–water partition coefficient (Wildman–Crippen LogP) is 7.06. The summed E-state index contributed by atoms with van der Waals surface area (Å²) in [5.41, 5.74) is -0.741. The van der Waals surface area contributed by atoms with E-state index in [1.165, 1.54) is 0 Å². The first-order valence-electron chi connectivity index (χ1n) is 8.97. The number of esters is 1. The van der Waals surface area contributed by atoms with Crippen molar-refractivity contribution in [2.24, 2.45) is 0 Å². The molecule has 0 radical (unpaired) electrons. The summed E-state index contributed by atoms with van der Waals surface area (Å²) >= 11 is 0. The van der Waals surface area contributed by atoms with Gasteiger partial charge in [-0.15, -0.1) is 0 Å². The van der Waals surface area contributed by atoms with Crippen molar-refractivity contribution in [3.05, 3.63) is 29.8 Å². The summed E-state index contributed by atoms with van der Waals surface area (Å²) in [6.07, 6.45) is -12.9. The molecule has 0 saturated carbocycles. The second-order valence-corrected chi connectivity index (χ2v) is 7.13. The van der Waals surface area contributed by atoms with Crippen LogP contribution in [-0.4, -0.2) is 54.8 Å². The highest BCUT2D eigenvalue weighted by Crippen LogP contribution is 2.63. The van der Waals surface area contributed by atoms with E-state index in [1.54, 1.807) is 0 Å². The Kier molecular flexibility index (Phi) is 8.33. The molecule has 208 valence electrons. The van der Waals surface area contributed by atoms with Crippen molar-refractivity contribution in [2.45, 2.75) is 61.2 Å². The second-order valence-electron chi connectivity index (χ2n) is 7.13. The van der Waals surface area contributed by atoms with Crippen molar-refractivity contribution in [1.82, 2.24) is 0 Å². The Hall–Kier alpha value is -2.40. The summed E-state index contributed by atoms with van der Waals surface area (Å²) in [6, 6.07) is 3.71. The maximum Gasteiger partial charge on any atom is 0.460 e. The van der Waals surface area contributed by atoms with Crippen LogP contribution in [0.3, 0.4) is 0 Å². The molecular weight excluding hydrogens is 549 g/mol. The van der Waals surface area contributed by atoms with E-state index in [4.69, 9.17) is 0 Å². The monoisotopic (exact) mass is 562 g/mol. The van der Waals surface area contributed by atoms with Gasteiger partial charge in [0.25, 0.3) is 0 Å². The molecule has 0 heterocycles. The summed E-state index contributed by atoms with van der Waals surface area (Å²) in [6.45, 7) is 0.779. The van der Waals surface area contributed by atoms with Crippen LogP contribution in [0.2, 0.25) is 0 Å². The Morgan fingerprint density at radius 3 is 1.56 bits per heavy atom. The largest absolute Gasteiger partial charge is 0.460 e. The third-order valence-electron chi connectivity index (χ3n) is 4.64. The zero-order valence-corrected chi connectivity index (χ0v) is 17.5. The molecule has 18 heteroatoms.